The molecule has 7 nitrogen and oxygen atoms in total. The van der Waals surface area contributed by atoms with Crippen LogP contribution in [0, 0.1) is 6.92 Å². The standard InChI is InChI=1S/C12H14N2O5/c1-8-4-2-3-5-9(8)13-12(19)14(6-10(15)16)7-11(17)18/h2-5H,6-7H2,1H3,(H,13,19)(H,15,16)(H,17,18). The van der Waals surface area contributed by atoms with Gasteiger partial charge in [-0.3, -0.25) is 9.59 Å². The van der Waals surface area contributed by atoms with Crippen LogP contribution in [0.4, 0.5) is 10.5 Å². The lowest BCUT2D eigenvalue weighted by Crippen LogP contribution is -2.42. The summed E-state index contributed by atoms with van der Waals surface area (Å²) in [6.07, 6.45) is 0. The summed E-state index contributed by atoms with van der Waals surface area (Å²) in [5.41, 5.74) is 1.30. The number of para-hydroxylation sites is 1. The normalized spacial score (nSPS) is 9.74. The van der Waals surface area contributed by atoms with Gasteiger partial charge in [0.15, 0.2) is 0 Å². The zero-order valence-electron chi connectivity index (χ0n) is 10.3. The topological polar surface area (TPSA) is 107 Å². The first-order valence-electron chi connectivity index (χ1n) is 5.45. The Kier molecular flexibility index (Phi) is 4.87. The third-order valence-electron chi connectivity index (χ3n) is 2.33. The average Bonchev–Trinajstić information content (AvgIpc) is 2.30. The molecule has 0 radical (unpaired) electrons. The number of aryl methyl sites for hydroxylation is 1. The van der Waals surface area contributed by atoms with Crippen molar-refractivity contribution in [3.05, 3.63) is 29.8 Å². The van der Waals surface area contributed by atoms with Crippen molar-refractivity contribution in [1.82, 2.24) is 4.90 Å². The second-order valence-electron chi connectivity index (χ2n) is 3.89. The first-order chi connectivity index (χ1) is 8.90. The van der Waals surface area contributed by atoms with Crippen molar-refractivity contribution < 1.29 is 24.6 Å². The van der Waals surface area contributed by atoms with Crippen LogP contribution in [-0.2, 0) is 9.59 Å². The Morgan fingerprint density at radius 1 is 1.11 bits per heavy atom. The number of urea groups is 1. The lowest BCUT2D eigenvalue weighted by atomic mass is 10.2. The maximum Gasteiger partial charge on any atom is 0.323 e. The predicted molar refractivity (Wildman–Crippen MR) is 67.0 cm³/mol. The molecule has 3 N–H and O–H groups in total. The molecule has 0 unspecified atom stereocenters. The molecule has 0 fully saturated rings. The highest BCUT2D eigenvalue weighted by Gasteiger charge is 2.19. The van der Waals surface area contributed by atoms with Crippen LogP contribution in [0.15, 0.2) is 24.3 Å². The van der Waals surface area contributed by atoms with Crippen molar-refractivity contribution in [2.75, 3.05) is 18.4 Å². The minimum Gasteiger partial charge on any atom is -0.480 e. The molecule has 1 aromatic carbocycles. The highest BCUT2D eigenvalue weighted by Crippen LogP contribution is 2.13. The van der Waals surface area contributed by atoms with Crippen LogP contribution in [0.1, 0.15) is 5.56 Å². The lowest BCUT2D eigenvalue weighted by Gasteiger charge is -2.19. The second kappa shape index (κ2) is 6.39. The van der Waals surface area contributed by atoms with Gasteiger partial charge in [-0.25, -0.2) is 4.79 Å². The summed E-state index contributed by atoms with van der Waals surface area (Å²) in [6.45, 7) is 0.419. The molecule has 0 atom stereocenters. The molecule has 0 aliphatic rings. The summed E-state index contributed by atoms with van der Waals surface area (Å²) >= 11 is 0. The second-order valence-corrected chi connectivity index (χ2v) is 3.89. The van der Waals surface area contributed by atoms with Crippen LogP contribution in [0.25, 0.3) is 0 Å². The van der Waals surface area contributed by atoms with E-state index in [1.54, 1.807) is 31.2 Å². The van der Waals surface area contributed by atoms with Crippen LogP contribution in [-0.4, -0.2) is 46.2 Å². The smallest absolute Gasteiger partial charge is 0.323 e. The Labute approximate surface area is 109 Å². The van der Waals surface area contributed by atoms with Crippen LogP contribution >= 0.6 is 0 Å². The number of carbonyl (C=O) groups excluding carboxylic acids is 1. The summed E-state index contributed by atoms with van der Waals surface area (Å²) in [7, 11) is 0. The molecule has 7 heteroatoms. The van der Waals surface area contributed by atoms with Gasteiger partial charge in [0.25, 0.3) is 0 Å². The summed E-state index contributed by atoms with van der Waals surface area (Å²) in [5, 5.41) is 19.8. The summed E-state index contributed by atoms with van der Waals surface area (Å²) in [6, 6.07) is 6.15. The van der Waals surface area contributed by atoms with Gasteiger partial charge < -0.3 is 20.4 Å². The molecule has 0 heterocycles. The number of benzene rings is 1. The molecule has 102 valence electrons. The molecule has 1 rings (SSSR count). The van der Waals surface area contributed by atoms with E-state index in [0.29, 0.717) is 10.6 Å². The zero-order valence-corrected chi connectivity index (χ0v) is 10.3. The number of carbonyl (C=O) groups is 3. The number of carboxylic acid groups (broad SMARTS) is 2. The highest BCUT2D eigenvalue weighted by atomic mass is 16.4. The van der Waals surface area contributed by atoms with E-state index in [1.165, 1.54) is 0 Å². The third kappa shape index (κ3) is 4.66. The van der Waals surface area contributed by atoms with E-state index in [0.717, 1.165) is 5.56 Å². The third-order valence-corrected chi connectivity index (χ3v) is 2.33. The average molecular weight is 266 g/mol. The SMILES string of the molecule is Cc1ccccc1NC(=O)N(CC(=O)O)CC(=O)O. The molecule has 1 aromatic rings. The van der Waals surface area contributed by atoms with Crippen molar-refractivity contribution >= 4 is 23.7 Å². The number of rotatable bonds is 5. The van der Waals surface area contributed by atoms with E-state index in [-0.39, 0.29) is 0 Å². The molecule has 0 spiro atoms. The summed E-state index contributed by atoms with van der Waals surface area (Å²) in [5.74, 6) is -2.55. The van der Waals surface area contributed by atoms with Crippen molar-refractivity contribution in [2.45, 2.75) is 6.92 Å². The van der Waals surface area contributed by atoms with Crippen molar-refractivity contribution in [3.63, 3.8) is 0 Å². The van der Waals surface area contributed by atoms with E-state index in [4.69, 9.17) is 10.2 Å². The largest absolute Gasteiger partial charge is 0.480 e. The van der Waals surface area contributed by atoms with Gasteiger partial charge in [0.2, 0.25) is 0 Å². The van der Waals surface area contributed by atoms with Gasteiger partial charge in [-0.1, -0.05) is 18.2 Å². The number of hydrogen-bond acceptors (Lipinski definition) is 3. The quantitative estimate of drug-likeness (QED) is 0.737. The highest BCUT2D eigenvalue weighted by molar-refractivity contribution is 5.93. The van der Waals surface area contributed by atoms with E-state index in [9.17, 15) is 14.4 Å². The van der Waals surface area contributed by atoms with Gasteiger partial charge in [-0.15, -0.1) is 0 Å². The van der Waals surface area contributed by atoms with Gasteiger partial charge in [0.05, 0.1) is 0 Å². The minimum absolute atomic E-state index is 0.508. The fourth-order valence-corrected chi connectivity index (χ4v) is 1.43. The molecule has 0 aromatic heterocycles. The number of hydrogen-bond donors (Lipinski definition) is 3. The molecule has 0 saturated carbocycles. The Morgan fingerprint density at radius 2 is 1.63 bits per heavy atom. The molecule has 0 aliphatic carbocycles. The van der Waals surface area contributed by atoms with Crippen LogP contribution in [0.5, 0.6) is 0 Å². The Morgan fingerprint density at radius 3 is 2.11 bits per heavy atom. The first kappa shape index (κ1) is 14.5. The molecular formula is C12H14N2O5. The fraction of sp³-hybridized carbons (Fsp3) is 0.250. The van der Waals surface area contributed by atoms with Crippen molar-refractivity contribution in [2.24, 2.45) is 0 Å². The minimum atomic E-state index is -1.28. The maximum absolute atomic E-state index is 11.8. The van der Waals surface area contributed by atoms with Gasteiger partial charge in [0, 0.05) is 5.69 Å². The number of aliphatic carboxylic acids is 2. The predicted octanol–water partition coefficient (Wildman–Crippen LogP) is 0.998. The van der Waals surface area contributed by atoms with Crippen LogP contribution in [0.3, 0.4) is 0 Å². The number of amides is 2. The monoisotopic (exact) mass is 266 g/mol. The maximum atomic E-state index is 11.8. The number of carboxylic acids is 2. The number of nitrogens with zero attached hydrogens (tertiary/aromatic N) is 1. The van der Waals surface area contributed by atoms with Crippen molar-refractivity contribution in [1.29, 1.82) is 0 Å². The zero-order chi connectivity index (χ0) is 14.4. The van der Waals surface area contributed by atoms with E-state index >= 15 is 0 Å². The number of nitrogens with one attached hydrogen (secondary N) is 1. The number of anilines is 1. The fourth-order valence-electron chi connectivity index (χ4n) is 1.43. The lowest BCUT2D eigenvalue weighted by molar-refractivity contribution is -0.140. The van der Waals surface area contributed by atoms with Gasteiger partial charge in [0.1, 0.15) is 13.1 Å². The van der Waals surface area contributed by atoms with E-state index < -0.39 is 31.1 Å². The Hall–Kier alpha value is -2.57. The summed E-state index contributed by atoms with van der Waals surface area (Å²) < 4.78 is 0. The van der Waals surface area contributed by atoms with Crippen LogP contribution in [0.2, 0.25) is 0 Å². The van der Waals surface area contributed by atoms with Gasteiger partial charge in [-0.2, -0.15) is 0 Å². The first-order valence-corrected chi connectivity index (χ1v) is 5.45. The molecule has 2 amide bonds. The molecule has 0 saturated heterocycles. The Bertz CT molecular complexity index is 485. The van der Waals surface area contributed by atoms with E-state index in [2.05, 4.69) is 5.32 Å². The van der Waals surface area contributed by atoms with Gasteiger partial charge in [-0.05, 0) is 18.6 Å². The van der Waals surface area contributed by atoms with Crippen molar-refractivity contribution in [3.8, 4) is 0 Å². The van der Waals surface area contributed by atoms with Gasteiger partial charge >= 0.3 is 18.0 Å². The molecule has 19 heavy (non-hydrogen) atoms. The Balaban J connectivity index is 2.79. The molecule has 0 aliphatic heterocycles. The summed E-state index contributed by atoms with van der Waals surface area (Å²) in [4.78, 5) is 33.7. The van der Waals surface area contributed by atoms with E-state index in [1.807, 2.05) is 0 Å². The van der Waals surface area contributed by atoms with Crippen LogP contribution < -0.4 is 5.32 Å². The molecular weight excluding hydrogens is 252 g/mol. The molecule has 0 bridgehead atoms.